The number of aliphatic hydroxyl groups excluding tert-OH is 1. The van der Waals surface area contributed by atoms with Gasteiger partial charge in [-0.05, 0) is 12.5 Å². The van der Waals surface area contributed by atoms with E-state index in [4.69, 9.17) is 0 Å². The van der Waals surface area contributed by atoms with Gasteiger partial charge in [-0.3, -0.25) is 0 Å². The first-order valence-corrected chi connectivity index (χ1v) is 6.88. The predicted molar refractivity (Wildman–Crippen MR) is 76.7 cm³/mol. The van der Waals surface area contributed by atoms with Crippen LogP contribution in [0.2, 0.25) is 0 Å². The van der Waals surface area contributed by atoms with Crippen LogP contribution < -0.4 is 0 Å². The number of aliphatic hydroxyl groups is 1. The van der Waals surface area contributed by atoms with Crippen LogP contribution in [-0.2, 0) is 0 Å². The number of nitrogens with zero attached hydrogens (tertiary/aromatic N) is 1. The summed E-state index contributed by atoms with van der Waals surface area (Å²) in [5, 5.41) is 13.1. The summed E-state index contributed by atoms with van der Waals surface area (Å²) in [5.74, 6) is 0.0312. The van der Waals surface area contributed by atoms with Gasteiger partial charge in [-0.25, -0.2) is 4.98 Å². The maximum absolute atomic E-state index is 10.1. The standard InChI is InChI=1S/C15H17NOS/c1-11-10-18-15(16-11)12(2)14(17)9-8-13-6-4-3-5-7-13/h3-10,12,14,17H,1-2H3/b9-8+/t12-,14+/m0/s1. The Morgan fingerprint density at radius 3 is 2.61 bits per heavy atom. The molecule has 0 spiro atoms. The minimum Gasteiger partial charge on any atom is -0.388 e. The number of thiazole rings is 1. The van der Waals surface area contributed by atoms with Crippen molar-refractivity contribution >= 4 is 17.4 Å². The van der Waals surface area contributed by atoms with Gasteiger partial charge in [0.15, 0.2) is 0 Å². The first-order chi connectivity index (χ1) is 8.66. The fourth-order valence-electron chi connectivity index (χ4n) is 1.67. The Bertz CT molecular complexity index is 518. The molecule has 2 atom stereocenters. The summed E-state index contributed by atoms with van der Waals surface area (Å²) in [5.41, 5.74) is 2.11. The Hall–Kier alpha value is -1.45. The van der Waals surface area contributed by atoms with Crippen LogP contribution in [-0.4, -0.2) is 16.2 Å². The van der Waals surface area contributed by atoms with E-state index in [0.717, 1.165) is 16.3 Å². The van der Waals surface area contributed by atoms with E-state index in [1.807, 2.05) is 61.7 Å². The molecule has 2 rings (SSSR count). The lowest BCUT2D eigenvalue weighted by Crippen LogP contribution is -2.12. The smallest absolute Gasteiger partial charge is 0.0985 e. The summed E-state index contributed by atoms with van der Waals surface area (Å²) in [7, 11) is 0. The molecule has 1 aromatic carbocycles. The van der Waals surface area contributed by atoms with E-state index in [9.17, 15) is 5.11 Å². The number of rotatable bonds is 4. The average molecular weight is 259 g/mol. The molecule has 0 radical (unpaired) electrons. The maximum Gasteiger partial charge on any atom is 0.0985 e. The Morgan fingerprint density at radius 1 is 1.28 bits per heavy atom. The largest absolute Gasteiger partial charge is 0.388 e. The van der Waals surface area contributed by atoms with E-state index in [-0.39, 0.29) is 5.92 Å². The molecule has 2 nitrogen and oxygen atoms in total. The monoisotopic (exact) mass is 259 g/mol. The first kappa shape index (κ1) is 13.0. The van der Waals surface area contributed by atoms with Crippen LogP contribution in [0.5, 0.6) is 0 Å². The van der Waals surface area contributed by atoms with Crippen LogP contribution >= 0.6 is 11.3 Å². The molecule has 0 aliphatic carbocycles. The summed E-state index contributed by atoms with van der Waals surface area (Å²) < 4.78 is 0. The Balaban J connectivity index is 2.04. The van der Waals surface area contributed by atoms with Crippen molar-refractivity contribution in [3.05, 3.63) is 58.1 Å². The van der Waals surface area contributed by atoms with Crippen LogP contribution in [0.4, 0.5) is 0 Å². The molecule has 1 heterocycles. The molecule has 0 amide bonds. The normalized spacial score (nSPS) is 14.8. The van der Waals surface area contributed by atoms with Crippen LogP contribution in [0.15, 0.2) is 41.8 Å². The molecule has 3 heteroatoms. The number of benzene rings is 1. The minimum atomic E-state index is -0.504. The van der Waals surface area contributed by atoms with E-state index in [2.05, 4.69) is 4.98 Å². The molecule has 18 heavy (non-hydrogen) atoms. The van der Waals surface area contributed by atoms with E-state index in [1.165, 1.54) is 0 Å². The zero-order chi connectivity index (χ0) is 13.0. The fraction of sp³-hybridized carbons (Fsp3) is 0.267. The third kappa shape index (κ3) is 3.28. The van der Waals surface area contributed by atoms with Crippen molar-refractivity contribution in [2.45, 2.75) is 25.9 Å². The zero-order valence-electron chi connectivity index (χ0n) is 10.6. The highest BCUT2D eigenvalue weighted by Crippen LogP contribution is 2.23. The summed E-state index contributed by atoms with van der Waals surface area (Å²) >= 11 is 1.60. The SMILES string of the molecule is Cc1csc([C@@H](C)[C@H](O)/C=C/c2ccccc2)n1. The van der Waals surface area contributed by atoms with E-state index < -0.39 is 6.10 Å². The van der Waals surface area contributed by atoms with Crippen molar-refractivity contribution in [1.82, 2.24) is 4.98 Å². The lowest BCUT2D eigenvalue weighted by molar-refractivity contribution is 0.197. The molecule has 0 unspecified atom stereocenters. The molecule has 2 aromatic rings. The number of aryl methyl sites for hydroxylation is 1. The van der Waals surface area contributed by atoms with Crippen molar-refractivity contribution in [2.75, 3.05) is 0 Å². The highest BCUT2D eigenvalue weighted by Gasteiger charge is 2.16. The second-order valence-corrected chi connectivity index (χ2v) is 5.27. The van der Waals surface area contributed by atoms with Crippen molar-refractivity contribution in [1.29, 1.82) is 0 Å². The van der Waals surface area contributed by atoms with Gasteiger partial charge in [0.1, 0.15) is 0 Å². The molecular formula is C15H17NOS. The number of hydrogen-bond donors (Lipinski definition) is 1. The van der Waals surface area contributed by atoms with E-state index in [0.29, 0.717) is 0 Å². The van der Waals surface area contributed by atoms with Crippen molar-refractivity contribution < 1.29 is 5.11 Å². The fourth-order valence-corrected chi connectivity index (χ4v) is 2.56. The number of aromatic nitrogens is 1. The molecule has 0 fully saturated rings. The lowest BCUT2D eigenvalue weighted by Gasteiger charge is -2.12. The Morgan fingerprint density at radius 2 is 2.00 bits per heavy atom. The quantitative estimate of drug-likeness (QED) is 0.909. The van der Waals surface area contributed by atoms with Crippen molar-refractivity contribution in [3.8, 4) is 0 Å². The Kier molecular flexibility index (Phi) is 4.28. The highest BCUT2D eigenvalue weighted by molar-refractivity contribution is 7.09. The summed E-state index contributed by atoms with van der Waals surface area (Å²) in [6.07, 6.45) is 3.27. The maximum atomic E-state index is 10.1. The molecule has 0 aliphatic rings. The molecule has 1 aromatic heterocycles. The van der Waals surface area contributed by atoms with Crippen molar-refractivity contribution in [2.24, 2.45) is 0 Å². The van der Waals surface area contributed by atoms with E-state index >= 15 is 0 Å². The topological polar surface area (TPSA) is 33.1 Å². The van der Waals surface area contributed by atoms with Gasteiger partial charge in [0.25, 0.3) is 0 Å². The highest BCUT2D eigenvalue weighted by atomic mass is 32.1. The average Bonchev–Trinajstić information content (AvgIpc) is 2.83. The molecule has 0 bridgehead atoms. The lowest BCUT2D eigenvalue weighted by atomic mass is 10.0. The molecule has 0 aliphatic heterocycles. The molecule has 1 N–H and O–H groups in total. The third-order valence-corrected chi connectivity index (χ3v) is 3.99. The molecule has 0 saturated heterocycles. The second-order valence-electron chi connectivity index (χ2n) is 4.38. The predicted octanol–water partition coefficient (Wildman–Crippen LogP) is 3.63. The Labute approximate surface area is 112 Å². The number of hydrogen-bond acceptors (Lipinski definition) is 3. The summed E-state index contributed by atoms with van der Waals surface area (Å²) in [6, 6.07) is 9.98. The van der Waals surface area contributed by atoms with Gasteiger partial charge in [0, 0.05) is 17.0 Å². The first-order valence-electron chi connectivity index (χ1n) is 6.00. The summed E-state index contributed by atoms with van der Waals surface area (Å²) in [4.78, 5) is 4.41. The van der Waals surface area contributed by atoms with Crippen LogP contribution in [0.25, 0.3) is 6.08 Å². The van der Waals surface area contributed by atoms with Gasteiger partial charge >= 0.3 is 0 Å². The third-order valence-electron chi connectivity index (χ3n) is 2.82. The molecule has 0 saturated carbocycles. The molecular weight excluding hydrogens is 242 g/mol. The molecule has 94 valence electrons. The van der Waals surface area contributed by atoms with Gasteiger partial charge in [-0.1, -0.05) is 49.4 Å². The summed E-state index contributed by atoms with van der Waals surface area (Å²) in [6.45, 7) is 3.97. The minimum absolute atomic E-state index is 0.0312. The van der Waals surface area contributed by atoms with Gasteiger partial charge in [-0.15, -0.1) is 11.3 Å². The van der Waals surface area contributed by atoms with Crippen molar-refractivity contribution in [3.63, 3.8) is 0 Å². The van der Waals surface area contributed by atoms with Gasteiger partial charge in [0.05, 0.1) is 11.1 Å². The van der Waals surface area contributed by atoms with Gasteiger partial charge in [0.2, 0.25) is 0 Å². The zero-order valence-corrected chi connectivity index (χ0v) is 11.4. The van der Waals surface area contributed by atoms with Crippen LogP contribution in [0.3, 0.4) is 0 Å². The van der Waals surface area contributed by atoms with E-state index in [1.54, 1.807) is 11.3 Å². The van der Waals surface area contributed by atoms with Gasteiger partial charge < -0.3 is 5.11 Å². The van der Waals surface area contributed by atoms with Crippen LogP contribution in [0.1, 0.15) is 29.1 Å². The van der Waals surface area contributed by atoms with Gasteiger partial charge in [-0.2, -0.15) is 0 Å². The second kappa shape index (κ2) is 5.94. The van der Waals surface area contributed by atoms with Crippen LogP contribution in [0, 0.1) is 6.92 Å².